The Morgan fingerprint density at radius 3 is 2.96 bits per heavy atom. The number of aromatic nitrogens is 1. The van der Waals surface area contributed by atoms with Crippen LogP contribution in [0.15, 0.2) is 70.1 Å². The fourth-order valence-corrected chi connectivity index (χ4v) is 3.16. The molecular formula is C21H24N4O2S. The van der Waals surface area contributed by atoms with E-state index in [-0.39, 0.29) is 0 Å². The van der Waals surface area contributed by atoms with Crippen molar-refractivity contribution in [3.63, 3.8) is 0 Å². The molecule has 0 bridgehead atoms. The molecule has 1 aromatic carbocycles. The van der Waals surface area contributed by atoms with Gasteiger partial charge < -0.3 is 19.8 Å². The van der Waals surface area contributed by atoms with Crippen molar-refractivity contribution >= 4 is 17.3 Å². The summed E-state index contributed by atoms with van der Waals surface area (Å²) >= 11 is 1.60. The van der Waals surface area contributed by atoms with E-state index in [0.717, 1.165) is 28.4 Å². The molecule has 0 aliphatic heterocycles. The number of benzene rings is 1. The third-order valence-electron chi connectivity index (χ3n) is 3.80. The van der Waals surface area contributed by atoms with Crippen LogP contribution in [0.4, 0.5) is 0 Å². The lowest BCUT2D eigenvalue weighted by Gasteiger charge is -2.12. The Labute approximate surface area is 169 Å². The second-order valence-electron chi connectivity index (χ2n) is 5.88. The van der Waals surface area contributed by atoms with Crippen LogP contribution in [0, 0.1) is 0 Å². The van der Waals surface area contributed by atoms with Gasteiger partial charge in [0.05, 0.1) is 23.7 Å². The smallest absolute Gasteiger partial charge is 0.236 e. The average Bonchev–Trinajstić information content (AvgIpc) is 3.41. The van der Waals surface area contributed by atoms with Gasteiger partial charge in [-0.25, -0.2) is 9.98 Å². The van der Waals surface area contributed by atoms with Gasteiger partial charge in [0.2, 0.25) is 5.89 Å². The Morgan fingerprint density at radius 1 is 1.29 bits per heavy atom. The number of nitrogens with one attached hydrogen (secondary N) is 2. The van der Waals surface area contributed by atoms with Crippen molar-refractivity contribution in [2.24, 2.45) is 4.99 Å². The number of nitrogens with zero attached hydrogens (tertiary/aromatic N) is 2. The van der Waals surface area contributed by atoms with Crippen LogP contribution < -0.4 is 15.4 Å². The van der Waals surface area contributed by atoms with E-state index in [1.807, 2.05) is 48.7 Å². The average molecular weight is 397 g/mol. The molecule has 2 N–H and O–H groups in total. The predicted octanol–water partition coefficient (Wildman–Crippen LogP) is 4.22. The zero-order chi connectivity index (χ0) is 19.6. The highest BCUT2D eigenvalue weighted by atomic mass is 32.1. The molecule has 0 aliphatic rings. The Bertz CT molecular complexity index is 903. The largest absolute Gasteiger partial charge is 0.489 e. The predicted molar refractivity (Wildman–Crippen MR) is 114 cm³/mol. The first-order valence-corrected chi connectivity index (χ1v) is 10.00. The summed E-state index contributed by atoms with van der Waals surface area (Å²) < 4.78 is 11.3. The third kappa shape index (κ3) is 5.47. The first-order chi connectivity index (χ1) is 13.8. The number of ether oxygens (including phenoxy) is 1. The van der Waals surface area contributed by atoms with Crippen molar-refractivity contribution in [3.05, 3.63) is 72.0 Å². The van der Waals surface area contributed by atoms with Crippen LogP contribution in [0.3, 0.4) is 0 Å². The minimum absolute atomic E-state index is 0.470. The molecule has 2 aromatic heterocycles. The summed E-state index contributed by atoms with van der Waals surface area (Å²) in [6, 6.07) is 11.9. The van der Waals surface area contributed by atoms with Gasteiger partial charge in [0, 0.05) is 12.1 Å². The highest BCUT2D eigenvalue weighted by molar-refractivity contribution is 7.13. The lowest BCUT2D eigenvalue weighted by molar-refractivity contribution is 0.359. The molecule has 0 fully saturated rings. The topological polar surface area (TPSA) is 71.7 Å². The Hall–Kier alpha value is -3.06. The van der Waals surface area contributed by atoms with Gasteiger partial charge in [0.25, 0.3) is 0 Å². The van der Waals surface area contributed by atoms with Crippen LogP contribution >= 0.6 is 11.3 Å². The van der Waals surface area contributed by atoms with Crippen LogP contribution in [0.2, 0.25) is 0 Å². The molecule has 0 aliphatic carbocycles. The highest BCUT2D eigenvalue weighted by Crippen LogP contribution is 2.23. The van der Waals surface area contributed by atoms with Crippen LogP contribution in [0.5, 0.6) is 5.75 Å². The third-order valence-corrected chi connectivity index (χ3v) is 4.66. The number of guanidine groups is 1. The second-order valence-corrected chi connectivity index (χ2v) is 6.83. The van der Waals surface area contributed by atoms with Gasteiger partial charge >= 0.3 is 0 Å². The lowest BCUT2D eigenvalue weighted by atomic mass is 10.2. The number of para-hydroxylation sites is 1. The zero-order valence-corrected chi connectivity index (χ0v) is 16.7. The monoisotopic (exact) mass is 396 g/mol. The van der Waals surface area contributed by atoms with Crippen molar-refractivity contribution in [1.29, 1.82) is 0 Å². The van der Waals surface area contributed by atoms with Crippen molar-refractivity contribution in [1.82, 2.24) is 15.6 Å². The Morgan fingerprint density at radius 2 is 2.18 bits per heavy atom. The van der Waals surface area contributed by atoms with Gasteiger partial charge in [-0.1, -0.05) is 36.9 Å². The summed E-state index contributed by atoms with van der Waals surface area (Å²) in [5.41, 5.74) is 1.84. The van der Waals surface area contributed by atoms with Crippen molar-refractivity contribution in [3.8, 4) is 16.5 Å². The second kappa shape index (κ2) is 10.3. The molecule has 2 heterocycles. The van der Waals surface area contributed by atoms with Crippen LogP contribution in [-0.4, -0.2) is 24.1 Å². The van der Waals surface area contributed by atoms with E-state index in [0.29, 0.717) is 31.5 Å². The maximum absolute atomic E-state index is 5.70. The lowest BCUT2D eigenvalue weighted by Crippen LogP contribution is -2.36. The first kappa shape index (κ1) is 19.7. The molecule has 3 rings (SSSR count). The number of rotatable bonds is 9. The molecule has 6 nitrogen and oxygen atoms in total. The highest BCUT2D eigenvalue weighted by Gasteiger charge is 2.08. The Balaban J connectivity index is 1.63. The summed E-state index contributed by atoms with van der Waals surface area (Å²) in [7, 11) is 0. The summed E-state index contributed by atoms with van der Waals surface area (Å²) in [6.07, 6.45) is 3.40. The summed E-state index contributed by atoms with van der Waals surface area (Å²) in [6.45, 7) is 7.98. The van der Waals surface area contributed by atoms with Crippen molar-refractivity contribution in [2.75, 3.05) is 13.2 Å². The van der Waals surface area contributed by atoms with E-state index >= 15 is 0 Å². The standard InChI is InChI=1S/C21H24N4O2S/c1-3-11-26-18-9-6-5-8-16(18)13-23-21(22-4-2)24-14-17-15-27-20(25-17)19-10-7-12-28-19/h3,5-10,12,15H,1,4,11,13-14H2,2H3,(H2,22,23,24). The number of hydrogen-bond donors (Lipinski definition) is 2. The normalized spacial score (nSPS) is 11.2. The van der Waals surface area contributed by atoms with E-state index < -0.39 is 0 Å². The minimum atomic E-state index is 0.470. The fraction of sp³-hybridized carbons (Fsp3) is 0.238. The van der Waals surface area contributed by atoms with Crippen molar-refractivity contribution < 1.29 is 9.15 Å². The van der Waals surface area contributed by atoms with Gasteiger partial charge in [-0.15, -0.1) is 11.3 Å². The molecule has 0 atom stereocenters. The summed E-state index contributed by atoms with van der Waals surface area (Å²) in [4.78, 5) is 10.2. The molecule has 0 spiro atoms. The van der Waals surface area contributed by atoms with E-state index in [1.54, 1.807) is 23.7 Å². The summed E-state index contributed by atoms with van der Waals surface area (Å²) in [5, 5.41) is 8.54. The van der Waals surface area contributed by atoms with Gasteiger partial charge in [0.1, 0.15) is 18.6 Å². The molecule has 3 aromatic rings. The van der Waals surface area contributed by atoms with E-state index in [2.05, 4.69) is 27.2 Å². The Kier molecular flexibility index (Phi) is 7.26. The van der Waals surface area contributed by atoms with Gasteiger partial charge in [0.15, 0.2) is 5.96 Å². The number of thiophene rings is 1. The number of aliphatic imine (C=N–C) groups is 1. The van der Waals surface area contributed by atoms with E-state index in [4.69, 9.17) is 9.15 Å². The minimum Gasteiger partial charge on any atom is -0.489 e. The maximum Gasteiger partial charge on any atom is 0.236 e. The first-order valence-electron chi connectivity index (χ1n) is 9.12. The molecule has 0 radical (unpaired) electrons. The molecule has 0 unspecified atom stereocenters. The molecule has 0 saturated carbocycles. The van der Waals surface area contributed by atoms with Crippen LogP contribution in [0.25, 0.3) is 10.8 Å². The van der Waals surface area contributed by atoms with E-state index in [9.17, 15) is 0 Å². The van der Waals surface area contributed by atoms with E-state index in [1.165, 1.54) is 0 Å². The SMILES string of the molecule is C=CCOc1ccccc1CN=C(NCC)NCc1coc(-c2cccs2)n1. The number of oxazole rings is 1. The van der Waals surface area contributed by atoms with Crippen LogP contribution in [0.1, 0.15) is 18.2 Å². The van der Waals surface area contributed by atoms with Gasteiger partial charge in [-0.3, -0.25) is 0 Å². The maximum atomic E-state index is 5.70. The molecule has 0 amide bonds. The zero-order valence-electron chi connectivity index (χ0n) is 15.9. The molecular weight excluding hydrogens is 372 g/mol. The molecule has 0 saturated heterocycles. The molecule has 7 heteroatoms. The summed E-state index contributed by atoms with van der Waals surface area (Å²) in [5.74, 6) is 2.17. The number of hydrogen-bond acceptors (Lipinski definition) is 5. The van der Waals surface area contributed by atoms with Gasteiger partial charge in [-0.05, 0) is 24.4 Å². The van der Waals surface area contributed by atoms with Crippen LogP contribution in [-0.2, 0) is 13.1 Å². The molecule has 146 valence electrons. The van der Waals surface area contributed by atoms with Crippen molar-refractivity contribution in [2.45, 2.75) is 20.0 Å². The quantitative estimate of drug-likeness (QED) is 0.322. The molecule has 28 heavy (non-hydrogen) atoms. The van der Waals surface area contributed by atoms with Gasteiger partial charge in [-0.2, -0.15) is 0 Å². The fourth-order valence-electron chi connectivity index (χ4n) is 2.51.